The number of rotatable bonds is 5. The van der Waals surface area contributed by atoms with E-state index in [-0.39, 0.29) is 5.91 Å². The van der Waals surface area contributed by atoms with Crippen LogP contribution in [0.3, 0.4) is 0 Å². The molecule has 1 saturated heterocycles. The van der Waals surface area contributed by atoms with Gasteiger partial charge in [-0.1, -0.05) is 48.0 Å². The molecule has 0 radical (unpaired) electrons. The van der Waals surface area contributed by atoms with Gasteiger partial charge in [-0.25, -0.2) is 0 Å². The first-order chi connectivity index (χ1) is 13.2. The second-order valence-electron chi connectivity index (χ2n) is 7.88. The minimum absolute atomic E-state index is 0.0665. The molecule has 3 nitrogen and oxygen atoms in total. The van der Waals surface area contributed by atoms with E-state index < -0.39 is 0 Å². The molecular formula is C23H27ClN2O. The van der Waals surface area contributed by atoms with Gasteiger partial charge in [0.2, 0.25) is 5.91 Å². The van der Waals surface area contributed by atoms with Crippen molar-refractivity contribution in [1.82, 2.24) is 4.90 Å². The van der Waals surface area contributed by atoms with Gasteiger partial charge in [-0.05, 0) is 74.4 Å². The number of piperidine rings is 1. The van der Waals surface area contributed by atoms with Crippen LogP contribution in [0.5, 0.6) is 0 Å². The summed E-state index contributed by atoms with van der Waals surface area (Å²) in [4.78, 5) is 14.9. The van der Waals surface area contributed by atoms with Crippen LogP contribution in [0.2, 0.25) is 5.02 Å². The lowest BCUT2D eigenvalue weighted by Gasteiger charge is -2.36. The van der Waals surface area contributed by atoms with Gasteiger partial charge in [0.05, 0.1) is 10.7 Å². The van der Waals surface area contributed by atoms with E-state index in [4.69, 9.17) is 11.6 Å². The summed E-state index contributed by atoms with van der Waals surface area (Å²) >= 11 is 6.11. The third-order valence-electron chi connectivity index (χ3n) is 6.12. The standard InChI is InChI=1S/C23H27ClN2O/c24-21-7-3-4-8-22(21)25-23(27)10-9-17-11-13-26(14-12-17)20-15-18-5-1-2-6-19(18)16-20/h1-8,17,20H,9-16H2,(H,25,27). The quantitative estimate of drug-likeness (QED) is 0.794. The molecule has 0 atom stereocenters. The number of carbonyl (C=O) groups is 1. The number of nitrogens with one attached hydrogen (secondary N) is 1. The summed E-state index contributed by atoms with van der Waals surface area (Å²) in [5.74, 6) is 0.721. The first-order valence-corrected chi connectivity index (χ1v) is 10.4. The van der Waals surface area contributed by atoms with E-state index in [1.807, 2.05) is 18.2 Å². The van der Waals surface area contributed by atoms with Crippen molar-refractivity contribution in [2.45, 2.75) is 44.6 Å². The van der Waals surface area contributed by atoms with E-state index in [0.29, 0.717) is 29.1 Å². The number of anilines is 1. The molecule has 1 heterocycles. The Labute approximate surface area is 166 Å². The maximum Gasteiger partial charge on any atom is 0.224 e. The second-order valence-corrected chi connectivity index (χ2v) is 8.28. The van der Waals surface area contributed by atoms with E-state index in [1.54, 1.807) is 6.07 Å². The minimum atomic E-state index is 0.0665. The Morgan fingerprint density at radius 3 is 2.30 bits per heavy atom. The van der Waals surface area contributed by atoms with Crippen LogP contribution in [-0.2, 0) is 17.6 Å². The van der Waals surface area contributed by atoms with Gasteiger partial charge in [-0.3, -0.25) is 9.69 Å². The summed E-state index contributed by atoms with van der Waals surface area (Å²) in [5, 5.41) is 3.53. The molecule has 4 heteroatoms. The second kappa shape index (κ2) is 8.45. The third kappa shape index (κ3) is 4.53. The van der Waals surface area contributed by atoms with Crippen molar-refractivity contribution in [3.63, 3.8) is 0 Å². The lowest BCUT2D eigenvalue weighted by molar-refractivity contribution is -0.116. The van der Waals surface area contributed by atoms with Gasteiger partial charge in [0, 0.05) is 12.5 Å². The molecule has 1 aliphatic heterocycles. The fraction of sp³-hybridized carbons (Fsp3) is 0.435. The highest BCUT2D eigenvalue weighted by atomic mass is 35.5. The smallest absolute Gasteiger partial charge is 0.224 e. The number of carbonyl (C=O) groups excluding carboxylic acids is 1. The van der Waals surface area contributed by atoms with Gasteiger partial charge in [0.25, 0.3) is 0 Å². The number of nitrogens with zero attached hydrogens (tertiary/aromatic N) is 1. The number of halogens is 1. The number of fused-ring (bicyclic) bond motifs is 1. The minimum Gasteiger partial charge on any atom is -0.325 e. The number of hydrogen-bond donors (Lipinski definition) is 1. The summed E-state index contributed by atoms with van der Waals surface area (Å²) in [6.45, 7) is 2.32. The predicted octanol–water partition coefficient (Wildman–Crippen LogP) is 4.94. The Kier molecular flexibility index (Phi) is 5.80. The van der Waals surface area contributed by atoms with Gasteiger partial charge in [-0.2, -0.15) is 0 Å². The molecule has 2 aromatic carbocycles. The van der Waals surface area contributed by atoms with Crippen molar-refractivity contribution in [3.05, 3.63) is 64.7 Å². The third-order valence-corrected chi connectivity index (χ3v) is 6.45. The summed E-state index contributed by atoms with van der Waals surface area (Å²) in [5.41, 5.74) is 3.77. The van der Waals surface area contributed by atoms with Crippen molar-refractivity contribution in [2.24, 2.45) is 5.92 Å². The summed E-state index contributed by atoms with van der Waals surface area (Å²) in [6.07, 6.45) is 6.33. The normalized spacial score (nSPS) is 18.4. The maximum absolute atomic E-state index is 12.2. The van der Waals surface area contributed by atoms with Crippen molar-refractivity contribution >= 4 is 23.2 Å². The van der Waals surface area contributed by atoms with E-state index in [9.17, 15) is 4.79 Å². The number of benzene rings is 2. The molecule has 1 fully saturated rings. The Bertz CT molecular complexity index is 773. The monoisotopic (exact) mass is 382 g/mol. The van der Waals surface area contributed by atoms with Crippen LogP contribution >= 0.6 is 11.6 Å². The molecule has 1 amide bonds. The van der Waals surface area contributed by atoms with Crippen LogP contribution < -0.4 is 5.32 Å². The first-order valence-electron chi connectivity index (χ1n) is 10.0. The lowest BCUT2D eigenvalue weighted by atomic mass is 9.91. The Morgan fingerprint density at radius 1 is 1.00 bits per heavy atom. The van der Waals surface area contributed by atoms with Crippen LogP contribution in [0.4, 0.5) is 5.69 Å². The Hall–Kier alpha value is -1.84. The van der Waals surface area contributed by atoms with Crippen molar-refractivity contribution in [2.75, 3.05) is 18.4 Å². The zero-order chi connectivity index (χ0) is 18.6. The van der Waals surface area contributed by atoms with Gasteiger partial charge in [0.1, 0.15) is 0 Å². The molecule has 27 heavy (non-hydrogen) atoms. The van der Waals surface area contributed by atoms with Crippen LogP contribution in [0, 0.1) is 5.92 Å². The van der Waals surface area contributed by atoms with Crippen LogP contribution in [0.15, 0.2) is 48.5 Å². The zero-order valence-corrected chi connectivity index (χ0v) is 16.4. The van der Waals surface area contributed by atoms with Gasteiger partial charge >= 0.3 is 0 Å². The molecular weight excluding hydrogens is 356 g/mol. The summed E-state index contributed by atoms with van der Waals surface area (Å²) in [6, 6.07) is 16.9. The van der Waals surface area contributed by atoms with Crippen molar-refractivity contribution in [1.29, 1.82) is 0 Å². The largest absolute Gasteiger partial charge is 0.325 e. The van der Waals surface area contributed by atoms with Gasteiger partial charge in [-0.15, -0.1) is 0 Å². The molecule has 2 aromatic rings. The summed E-state index contributed by atoms with van der Waals surface area (Å²) < 4.78 is 0. The predicted molar refractivity (Wildman–Crippen MR) is 111 cm³/mol. The lowest BCUT2D eigenvalue weighted by Crippen LogP contribution is -2.42. The fourth-order valence-electron chi connectivity index (χ4n) is 4.51. The molecule has 0 saturated carbocycles. The topological polar surface area (TPSA) is 32.3 Å². The highest BCUT2D eigenvalue weighted by Crippen LogP contribution is 2.30. The SMILES string of the molecule is O=C(CCC1CCN(C2Cc3ccccc3C2)CC1)Nc1ccccc1Cl. The number of amides is 1. The molecule has 142 valence electrons. The maximum atomic E-state index is 12.2. The molecule has 2 aliphatic rings. The number of likely N-dealkylation sites (tertiary alicyclic amines) is 1. The van der Waals surface area contributed by atoms with Gasteiger partial charge in [0.15, 0.2) is 0 Å². The van der Waals surface area contributed by atoms with Crippen LogP contribution in [0.25, 0.3) is 0 Å². The van der Waals surface area contributed by atoms with Gasteiger partial charge < -0.3 is 5.32 Å². The van der Waals surface area contributed by atoms with E-state index in [0.717, 1.165) is 19.5 Å². The molecule has 1 N–H and O–H groups in total. The molecule has 1 aliphatic carbocycles. The van der Waals surface area contributed by atoms with E-state index in [2.05, 4.69) is 34.5 Å². The molecule has 0 unspecified atom stereocenters. The van der Waals surface area contributed by atoms with E-state index >= 15 is 0 Å². The Morgan fingerprint density at radius 2 is 1.63 bits per heavy atom. The zero-order valence-electron chi connectivity index (χ0n) is 15.7. The van der Waals surface area contributed by atoms with Crippen LogP contribution in [-0.4, -0.2) is 29.9 Å². The fourth-order valence-corrected chi connectivity index (χ4v) is 4.69. The number of para-hydroxylation sites is 1. The Balaban J connectivity index is 1.20. The van der Waals surface area contributed by atoms with Crippen LogP contribution in [0.1, 0.15) is 36.8 Å². The first kappa shape index (κ1) is 18.5. The highest BCUT2D eigenvalue weighted by Gasteiger charge is 2.29. The summed E-state index contributed by atoms with van der Waals surface area (Å²) in [7, 11) is 0. The average molecular weight is 383 g/mol. The average Bonchev–Trinajstić information content (AvgIpc) is 3.13. The van der Waals surface area contributed by atoms with Crippen molar-refractivity contribution < 1.29 is 4.79 Å². The number of hydrogen-bond acceptors (Lipinski definition) is 2. The molecule has 4 rings (SSSR count). The molecule has 0 bridgehead atoms. The van der Waals surface area contributed by atoms with Crippen molar-refractivity contribution in [3.8, 4) is 0 Å². The molecule has 0 aromatic heterocycles. The molecule has 0 spiro atoms. The highest BCUT2D eigenvalue weighted by molar-refractivity contribution is 6.33. The van der Waals surface area contributed by atoms with E-state index in [1.165, 1.54) is 36.8 Å².